The van der Waals surface area contributed by atoms with E-state index < -0.39 is 0 Å². The Hall–Kier alpha value is -0.650. The molecule has 1 N–H and O–H groups in total. The lowest BCUT2D eigenvalue weighted by molar-refractivity contribution is -0.130. The number of carbonyl (C=O) groups is 1. The molecule has 0 aromatic rings. The molecule has 0 aromatic heterocycles. The lowest BCUT2D eigenvalue weighted by Crippen LogP contribution is -2.36. The molecular weight excluding hydrogens is 314 g/mol. The highest BCUT2D eigenvalue weighted by molar-refractivity contribution is 5.76. The van der Waals surface area contributed by atoms with E-state index in [2.05, 4.69) is 16.8 Å². The minimum atomic E-state index is 0.213. The number of amides is 1. The molecule has 0 bridgehead atoms. The van der Waals surface area contributed by atoms with Crippen molar-refractivity contribution in [3.05, 3.63) is 0 Å². The summed E-state index contributed by atoms with van der Waals surface area (Å²) in [6.07, 6.45) is 8.34. The molecule has 144 valence electrons. The number of nitrogens with zero attached hydrogens (tertiary/aromatic N) is 3. The molecule has 2 unspecified atom stereocenters. The second kappa shape index (κ2) is 9.33. The monoisotopic (exact) mass is 351 g/mol. The highest BCUT2D eigenvalue weighted by Crippen LogP contribution is 2.30. The molecule has 5 heteroatoms. The molecule has 2 atom stereocenters. The molecule has 0 aromatic carbocycles. The Morgan fingerprint density at radius 1 is 1.00 bits per heavy atom. The van der Waals surface area contributed by atoms with E-state index in [1.54, 1.807) is 0 Å². The molecule has 1 saturated carbocycles. The van der Waals surface area contributed by atoms with E-state index in [1.165, 1.54) is 38.6 Å². The predicted molar refractivity (Wildman–Crippen MR) is 100 cm³/mol. The van der Waals surface area contributed by atoms with Gasteiger partial charge in [-0.2, -0.15) is 0 Å². The number of hydrogen-bond acceptors (Lipinski definition) is 4. The van der Waals surface area contributed by atoms with E-state index in [0.29, 0.717) is 18.2 Å². The summed E-state index contributed by atoms with van der Waals surface area (Å²) >= 11 is 0. The van der Waals surface area contributed by atoms with E-state index in [0.717, 1.165) is 51.6 Å². The summed E-state index contributed by atoms with van der Waals surface area (Å²) in [5.41, 5.74) is 0. The summed E-state index contributed by atoms with van der Waals surface area (Å²) in [7, 11) is 2.19. The van der Waals surface area contributed by atoms with Crippen LogP contribution >= 0.6 is 0 Å². The molecule has 2 aliphatic heterocycles. The number of aliphatic hydroxyl groups is 1. The van der Waals surface area contributed by atoms with Crippen molar-refractivity contribution in [1.29, 1.82) is 0 Å². The van der Waals surface area contributed by atoms with Crippen LogP contribution in [0.15, 0.2) is 0 Å². The van der Waals surface area contributed by atoms with Gasteiger partial charge in [0, 0.05) is 51.7 Å². The van der Waals surface area contributed by atoms with Gasteiger partial charge in [0.15, 0.2) is 0 Å². The third-order valence-electron chi connectivity index (χ3n) is 6.71. The van der Waals surface area contributed by atoms with Crippen molar-refractivity contribution in [1.82, 2.24) is 14.7 Å². The van der Waals surface area contributed by atoms with Crippen LogP contribution in [0, 0.1) is 17.8 Å². The number of rotatable bonds is 6. The van der Waals surface area contributed by atoms with Crippen LogP contribution in [0.25, 0.3) is 0 Å². The Morgan fingerprint density at radius 3 is 2.52 bits per heavy atom. The van der Waals surface area contributed by atoms with Gasteiger partial charge in [0.2, 0.25) is 5.91 Å². The molecule has 0 spiro atoms. The second-order valence-electron chi connectivity index (χ2n) is 8.65. The van der Waals surface area contributed by atoms with Crippen LogP contribution in [0.3, 0.4) is 0 Å². The molecule has 1 amide bonds. The van der Waals surface area contributed by atoms with Crippen molar-refractivity contribution in [2.75, 3.05) is 59.5 Å². The van der Waals surface area contributed by atoms with Crippen LogP contribution in [0.1, 0.15) is 44.9 Å². The van der Waals surface area contributed by atoms with Gasteiger partial charge >= 0.3 is 0 Å². The average Bonchev–Trinajstić information content (AvgIpc) is 3.22. The third-order valence-corrected chi connectivity index (χ3v) is 6.71. The van der Waals surface area contributed by atoms with Crippen LogP contribution in [0.5, 0.6) is 0 Å². The Bertz CT molecular complexity index is 425. The smallest absolute Gasteiger partial charge is 0.222 e. The maximum absolute atomic E-state index is 12.6. The summed E-state index contributed by atoms with van der Waals surface area (Å²) in [6, 6.07) is 0. The lowest BCUT2D eigenvalue weighted by atomic mass is 9.96. The molecule has 25 heavy (non-hydrogen) atoms. The highest BCUT2D eigenvalue weighted by Gasteiger charge is 2.35. The van der Waals surface area contributed by atoms with Crippen molar-refractivity contribution in [3.63, 3.8) is 0 Å². The number of likely N-dealkylation sites (N-methyl/N-ethyl adjacent to an activating group) is 1. The van der Waals surface area contributed by atoms with Crippen molar-refractivity contribution in [2.24, 2.45) is 17.8 Å². The number of hydrogen-bond donors (Lipinski definition) is 1. The number of aliphatic hydroxyl groups excluding tert-OH is 1. The van der Waals surface area contributed by atoms with Crippen LogP contribution in [-0.4, -0.2) is 85.2 Å². The van der Waals surface area contributed by atoms with Gasteiger partial charge < -0.3 is 19.8 Å². The molecule has 1 aliphatic carbocycles. The number of carbonyl (C=O) groups excluding carboxylic acids is 1. The Kier molecular flexibility index (Phi) is 7.14. The van der Waals surface area contributed by atoms with E-state index in [9.17, 15) is 9.90 Å². The third kappa shape index (κ3) is 5.41. The van der Waals surface area contributed by atoms with Gasteiger partial charge in [0.25, 0.3) is 0 Å². The van der Waals surface area contributed by atoms with E-state index in [4.69, 9.17) is 0 Å². The van der Waals surface area contributed by atoms with Crippen molar-refractivity contribution < 1.29 is 9.90 Å². The zero-order valence-electron chi connectivity index (χ0n) is 16.0. The molecule has 2 saturated heterocycles. The fraction of sp³-hybridized carbons (Fsp3) is 0.950. The first-order valence-electron chi connectivity index (χ1n) is 10.4. The van der Waals surface area contributed by atoms with Crippen molar-refractivity contribution in [2.45, 2.75) is 44.9 Å². The first kappa shape index (κ1) is 19.1. The summed E-state index contributed by atoms with van der Waals surface area (Å²) in [6.45, 7) is 7.42. The Balaban J connectivity index is 1.46. The van der Waals surface area contributed by atoms with E-state index in [-0.39, 0.29) is 12.5 Å². The molecule has 5 nitrogen and oxygen atoms in total. The fourth-order valence-electron chi connectivity index (χ4n) is 4.96. The second-order valence-corrected chi connectivity index (χ2v) is 8.65. The molecule has 2 heterocycles. The van der Waals surface area contributed by atoms with Gasteiger partial charge in [-0.05, 0) is 44.8 Å². The molecule has 3 rings (SSSR count). The number of likely N-dealkylation sites (tertiary alicyclic amines) is 1. The van der Waals surface area contributed by atoms with Gasteiger partial charge in [0.1, 0.15) is 0 Å². The maximum atomic E-state index is 12.6. The summed E-state index contributed by atoms with van der Waals surface area (Å²) in [5.74, 6) is 1.80. The summed E-state index contributed by atoms with van der Waals surface area (Å²) in [4.78, 5) is 19.6. The average molecular weight is 352 g/mol. The van der Waals surface area contributed by atoms with E-state index >= 15 is 0 Å². The summed E-state index contributed by atoms with van der Waals surface area (Å²) in [5, 5.41) is 9.80. The van der Waals surface area contributed by atoms with Gasteiger partial charge in [-0.1, -0.05) is 25.7 Å². The first-order chi connectivity index (χ1) is 12.2. The topological polar surface area (TPSA) is 47.0 Å². The zero-order chi connectivity index (χ0) is 17.6. The van der Waals surface area contributed by atoms with Crippen LogP contribution in [0.4, 0.5) is 0 Å². The predicted octanol–water partition coefficient (Wildman–Crippen LogP) is 1.66. The quantitative estimate of drug-likeness (QED) is 0.791. The largest absolute Gasteiger partial charge is 0.396 e. The molecule has 3 aliphatic rings. The maximum Gasteiger partial charge on any atom is 0.222 e. The minimum absolute atomic E-state index is 0.213. The Morgan fingerprint density at radius 2 is 1.76 bits per heavy atom. The van der Waals surface area contributed by atoms with Gasteiger partial charge in [-0.3, -0.25) is 4.79 Å². The van der Waals surface area contributed by atoms with Gasteiger partial charge in [-0.15, -0.1) is 0 Å². The van der Waals surface area contributed by atoms with Gasteiger partial charge in [-0.25, -0.2) is 0 Å². The SMILES string of the molecule is CN1CCCN(CC2CN(C(=O)CCC3CCCC3)CC2CO)CC1. The van der Waals surface area contributed by atoms with E-state index in [1.807, 2.05) is 4.90 Å². The fourth-order valence-corrected chi connectivity index (χ4v) is 4.96. The minimum Gasteiger partial charge on any atom is -0.396 e. The normalized spacial score (nSPS) is 30.1. The molecule has 3 fully saturated rings. The van der Waals surface area contributed by atoms with Crippen LogP contribution in [-0.2, 0) is 4.79 Å². The molecule has 0 radical (unpaired) electrons. The van der Waals surface area contributed by atoms with Crippen molar-refractivity contribution in [3.8, 4) is 0 Å². The molecular formula is C20H37N3O2. The summed E-state index contributed by atoms with van der Waals surface area (Å²) < 4.78 is 0. The van der Waals surface area contributed by atoms with Gasteiger partial charge in [0.05, 0.1) is 0 Å². The van der Waals surface area contributed by atoms with Crippen LogP contribution in [0.2, 0.25) is 0 Å². The standard InChI is InChI=1S/C20H37N3O2/c1-21-9-4-10-22(12-11-21)13-18-14-23(15-19(18)16-24)20(25)8-7-17-5-2-3-6-17/h17-19,24H,2-16H2,1H3. The zero-order valence-corrected chi connectivity index (χ0v) is 16.0. The van der Waals surface area contributed by atoms with Crippen LogP contribution < -0.4 is 0 Å². The van der Waals surface area contributed by atoms with Crippen molar-refractivity contribution >= 4 is 5.91 Å². The lowest BCUT2D eigenvalue weighted by Gasteiger charge is -2.26. The first-order valence-corrected chi connectivity index (χ1v) is 10.4. The highest BCUT2D eigenvalue weighted by atomic mass is 16.3. The Labute approximate surface area is 153 Å².